The molecule has 0 atom stereocenters. The van der Waals surface area contributed by atoms with Crippen molar-refractivity contribution < 1.29 is 23.5 Å². The van der Waals surface area contributed by atoms with Crippen LogP contribution in [0, 0.1) is 11.2 Å². The van der Waals surface area contributed by atoms with Gasteiger partial charge in [0.05, 0.1) is 18.9 Å². The van der Waals surface area contributed by atoms with Crippen molar-refractivity contribution in [1.29, 1.82) is 0 Å². The normalized spacial score (nSPS) is 19.9. The lowest BCUT2D eigenvalue weighted by Crippen LogP contribution is -2.53. The summed E-state index contributed by atoms with van der Waals surface area (Å²) in [5.74, 6) is -1.92. The van der Waals surface area contributed by atoms with Gasteiger partial charge in [0.15, 0.2) is 5.79 Å². The maximum Gasteiger partial charge on any atom is 0.239 e. The number of anilines is 1. The number of ether oxygens (including phenoxy) is 2. The summed E-state index contributed by atoms with van der Waals surface area (Å²) in [5.41, 5.74) is -1.23. The number of benzene rings is 1. The third-order valence-electron chi connectivity index (χ3n) is 4.85. The SMILES string of the molecule is CC(C)(C(=O)Nc1ccccc1F)C(=O)N1CCC2(CC1)OCCO2. The Bertz CT molecular complexity index is 661. The maximum absolute atomic E-state index is 13.7. The van der Waals surface area contributed by atoms with Crippen LogP contribution in [0.4, 0.5) is 10.1 Å². The van der Waals surface area contributed by atoms with Crippen molar-refractivity contribution in [2.24, 2.45) is 5.41 Å². The van der Waals surface area contributed by atoms with Crippen molar-refractivity contribution in [2.45, 2.75) is 32.5 Å². The van der Waals surface area contributed by atoms with Gasteiger partial charge in [-0.15, -0.1) is 0 Å². The van der Waals surface area contributed by atoms with Crippen molar-refractivity contribution in [3.8, 4) is 0 Å². The molecular weight excluding hydrogens is 327 g/mol. The number of hydrogen-bond acceptors (Lipinski definition) is 4. The standard InChI is InChI=1S/C18H23FN2O4/c1-17(2,15(22)20-14-6-4-3-5-13(14)19)16(23)21-9-7-18(8-10-21)24-11-12-25-18/h3-6H,7-12H2,1-2H3,(H,20,22). The first-order chi connectivity index (χ1) is 11.8. The molecule has 6 nitrogen and oxygen atoms in total. The maximum atomic E-state index is 13.7. The molecule has 2 aliphatic heterocycles. The van der Waals surface area contributed by atoms with Gasteiger partial charge in [-0.25, -0.2) is 4.39 Å². The van der Waals surface area contributed by atoms with Crippen LogP contribution in [0.3, 0.4) is 0 Å². The van der Waals surface area contributed by atoms with Crippen molar-refractivity contribution >= 4 is 17.5 Å². The average Bonchev–Trinajstić information content (AvgIpc) is 3.05. The highest BCUT2D eigenvalue weighted by molar-refractivity contribution is 6.09. The van der Waals surface area contributed by atoms with Gasteiger partial charge in [-0.2, -0.15) is 0 Å². The summed E-state index contributed by atoms with van der Waals surface area (Å²) in [6.07, 6.45) is 1.17. The Morgan fingerprint density at radius 2 is 1.76 bits per heavy atom. The Balaban J connectivity index is 1.64. The first-order valence-electron chi connectivity index (χ1n) is 8.47. The van der Waals surface area contributed by atoms with Crippen LogP contribution in [0.2, 0.25) is 0 Å². The fourth-order valence-electron chi connectivity index (χ4n) is 3.17. The Kier molecular flexibility index (Phi) is 4.79. The summed E-state index contributed by atoms with van der Waals surface area (Å²) in [7, 11) is 0. The molecule has 2 saturated heterocycles. The molecule has 0 unspecified atom stereocenters. The summed E-state index contributed by atoms with van der Waals surface area (Å²) in [4.78, 5) is 27.0. The number of likely N-dealkylation sites (tertiary alicyclic amines) is 1. The van der Waals surface area contributed by atoms with Gasteiger partial charge in [0, 0.05) is 25.9 Å². The first-order valence-corrected chi connectivity index (χ1v) is 8.47. The smallest absolute Gasteiger partial charge is 0.239 e. The quantitative estimate of drug-likeness (QED) is 0.849. The Labute approximate surface area is 146 Å². The third-order valence-corrected chi connectivity index (χ3v) is 4.85. The Morgan fingerprint density at radius 3 is 2.36 bits per heavy atom. The number of nitrogens with zero attached hydrogens (tertiary/aromatic N) is 1. The van der Waals surface area contributed by atoms with Crippen LogP contribution in [0.1, 0.15) is 26.7 Å². The summed E-state index contributed by atoms with van der Waals surface area (Å²) >= 11 is 0. The van der Waals surface area contributed by atoms with E-state index in [1.54, 1.807) is 24.8 Å². The van der Waals surface area contributed by atoms with Crippen LogP contribution < -0.4 is 5.32 Å². The summed E-state index contributed by atoms with van der Waals surface area (Å²) < 4.78 is 25.0. The molecule has 1 aromatic carbocycles. The zero-order valence-electron chi connectivity index (χ0n) is 14.5. The largest absolute Gasteiger partial charge is 0.347 e. The van der Waals surface area contributed by atoms with E-state index in [4.69, 9.17) is 9.47 Å². The molecule has 2 amide bonds. The minimum Gasteiger partial charge on any atom is -0.347 e. The lowest BCUT2D eigenvalue weighted by Gasteiger charge is -2.40. The second-order valence-corrected chi connectivity index (χ2v) is 6.96. The topological polar surface area (TPSA) is 67.9 Å². The van der Waals surface area contributed by atoms with Crippen LogP contribution in [-0.4, -0.2) is 48.8 Å². The van der Waals surface area contributed by atoms with E-state index < -0.39 is 22.9 Å². The van der Waals surface area contributed by atoms with E-state index >= 15 is 0 Å². The van der Waals surface area contributed by atoms with Crippen LogP contribution in [-0.2, 0) is 19.1 Å². The van der Waals surface area contributed by atoms with Gasteiger partial charge in [-0.05, 0) is 26.0 Å². The molecule has 136 valence electrons. The predicted octanol–water partition coefficient (Wildman–Crippen LogP) is 2.16. The number of para-hydroxylation sites is 1. The monoisotopic (exact) mass is 350 g/mol. The molecule has 25 heavy (non-hydrogen) atoms. The van der Waals surface area contributed by atoms with Crippen LogP contribution in [0.5, 0.6) is 0 Å². The van der Waals surface area contributed by atoms with E-state index in [-0.39, 0.29) is 11.6 Å². The number of carbonyl (C=O) groups is 2. The van der Waals surface area contributed by atoms with E-state index in [1.807, 2.05) is 0 Å². The lowest BCUT2D eigenvalue weighted by molar-refractivity contribution is -0.189. The molecule has 0 aromatic heterocycles. The molecule has 0 radical (unpaired) electrons. The second kappa shape index (κ2) is 6.72. The molecule has 7 heteroatoms. The molecule has 1 aromatic rings. The minimum atomic E-state index is -1.30. The molecule has 2 fully saturated rings. The fraction of sp³-hybridized carbons (Fsp3) is 0.556. The van der Waals surface area contributed by atoms with Crippen LogP contribution in [0.15, 0.2) is 24.3 Å². The zero-order valence-corrected chi connectivity index (χ0v) is 14.5. The summed E-state index contributed by atoms with van der Waals surface area (Å²) in [5, 5.41) is 2.51. The van der Waals surface area contributed by atoms with E-state index in [1.165, 1.54) is 18.2 Å². The average molecular weight is 350 g/mol. The van der Waals surface area contributed by atoms with Gasteiger partial charge in [0.25, 0.3) is 0 Å². The number of piperidine rings is 1. The van der Waals surface area contributed by atoms with Crippen LogP contribution in [0.25, 0.3) is 0 Å². The van der Waals surface area contributed by atoms with E-state index in [2.05, 4.69) is 5.32 Å². The van der Waals surface area contributed by atoms with Gasteiger partial charge in [-0.3, -0.25) is 9.59 Å². The molecule has 0 bridgehead atoms. The number of halogens is 1. The van der Waals surface area contributed by atoms with Crippen molar-refractivity contribution in [3.63, 3.8) is 0 Å². The van der Waals surface area contributed by atoms with E-state index in [0.717, 1.165) is 0 Å². The highest BCUT2D eigenvalue weighted by atomic mass is 19.1. The van der Waals surface area contributed by atoms with Gasteiger partial charge in [0.1, 0.15) is 11.2 Å². The summed E-state index contributed by atoms with van der Waals surface area (Å²) in [6.45, 7) is 5.19. The third kappa shape index (κ3) is 3.52. The number of hydrogen-bond donors (Lipinski definition) is 1. The highest BCUT2D eigenvalue weighted by Crippen LogP contribution is 2.33. The van der Waals surface area contributed by atoms with Crippen LogP contribution >= 0.6 is 0 Å². The molecule has 0 saturated carbocycles. The van der Waals surface area contributed by atoms with Gasteiger partial charge >= 0.3 is 0 Å². The van der Waals surface area contributed by atoms with Gasteiger partial charge in [-0.1, -0.05) is 12.1 Å². The minimum absolute atomic E-state index is 0.0683. The zero-order chi connectivity index (χ0) is 18.1. The van der Waals surface area contributed by atoms with Crippen molar-refractivity contribution in [1.82, 2.24) is 4.90 Å². The molecule has 3 rings (SSSR count). The number of amides is 2. The molecule has 2 heterocycles. The molecular formula is C18H23FN2O4. The highest BCUT2D eigenvalue weighted by Gasteiger charge is 2.45. The molecule has 0 aliphatic carbocycles. The Morgan fingerprint density at radius 1 is 1.16 bits per heavy atom. The van der Waals surface area contributed by atoms with Crippen molar-refractivity contribution in [2.75, 3.05) is 31.6 Å². The van der Waals surface area contributed by atoms with E-state index in [0.29, 0.717) is 39.1 Å². The second-order valence-electron chi connectivity index (χ2n) is 6.96. The van der Waals surface area contributed by atoms with Gasteiger partial charge in [0.2, 0.25) is 11.8 Å². The first kappa shape index (κ1) is 17.8. The lowest BCUT2D eigenvalue weighted by atomic mass is 9.88. The Hall–Kier alpha value is -1.99. The van der Waals surface area contributed by atoms with E-state index in [9.17, 15) is 14.0 Å². The summed E-state index contributed by atoms with van der Waals surface area (Å²) in [6, 6.07) is 5.89. The number of rotatable bonds is 3. The number of carbonyl (C=O) groups excluding carboxylic acids is 2. The predicted molar refractivity (Wildman–Crippen MR) is 89.3 cm³/mol. The molecule has 1 N–H and O–H groups in total. The van der Waals surface area contributed by atoms with Gasteiger partial charge < -0.3 is 19.7 Å². The molecule has 1 spiro atoms. The number of nitrogens with one attached hydrogen (secondary N) is 1. The fourth-order valence-corrected chi connectivity index (χ4v) is 3.17. The molecule has 2 aliphatic rings. The van der Waals surface area contributed by atoms with Crippen molar-refractivity contribution in [3.05, 3.63) is 30.1 Å².